The van der Waals surface area contributed by atoms with Crippen molar-refractivity contribution < 1.29 is 18.0 Å². The monoisotopic (exact) mass is 663 g/mol. The van der Waals surface area contributed by atoms with Crippen LogP contribution in [0.1, 0.15) is 48.8 Å². The zero-order valence-electron chi connectivity index (χ0n) is 24.2. The molecule has 1 saturated carbocycles. The SMILES string of the molecule is Cc1ccc(Cl)cc1N(CC(=O)N(Cc1c(Cl)cccc1Cl)C(Cc1ccccc1)C(=O)NC1CCCCC1)S(C)(=O)=O. The van der Waals surface area contributed by atoms with Gasteiger partial charge in [-0.15, -0.1) is 0 Å². The van der Waals surface area contributed by atoms with Crippen molar-refractivity contribution in [1.29, 1.82) is 0 Å². The minimum atomic E-state index is -3.93. The maximum absolute atomic E-state index is 14.3. The van der Waals surface area contributed by atoms with Gasteiger partial charge in [0.05, 0.1) is 11.9 Å². The first kappa shape index (κ1) is 33.1. The smallest absolute Gasteiger partial charge is 0.244 e. The zero-order chi connectivity index (χ0) is 31.1. The molecule has 3 aromatic carbocycles. The number of hydrogen-bond donors (Lipinski definition) is 1. The van der Waals surface area contributed by atoms with Gasteiger partial charge in [-0.1, -0.05) is 96.5 Å². The topological polar surface area (TPSA) is 86.8 Å². The number of rotatable bonds is 11. The third-order valence-electron chi connectivity index (χ3n) is 7.73. The summed E-state index contributed by atoms with van der Waals surface area (Å²) in [5, 5.41) is 4.17. The van der Waals surface area contributed by atoms with Crippen LogP contribution in [0.15, 0.2) is 66.7 Å². The highest BCUT2D eigenvalue weighted by molar-refractivity contribution is 7.92. The van der Waals surface area contributed by atoms with Crippen molar-refractivity contribution in [3.05, 3.63) is 98.5 Å². The Balaban J connectivity index is 1.78. The standard InChI is InChI=1S/C32H36Cl3N3O4S/c1-22-16-17-24(33)19-29(22)38(43(2,41)42)21-31(39)37(20-26-27(34)14-9-15-28(26)35)30(18-23-10-5-3-6-11-23)32(40)36-25-12-7-4-8-13-25/h3,5-6,9-11,14-17,19,25,30H,4,7-8,12-13,18,20-21H2,1-2H3,(H,36,40). The molecule has 0 spiro atoms. The summed E-state index contributed by atoms with van der Waals surface area (Å²) < 4.78 is 27.2. The first-order valence-corrected chi connectivity index (χ1v) is 17.2. The van der Waals surface area contributed by atoms with Crippen molar-refractivity contribution in [2.75, 3.05) is 17.1 Å². The number of carbonyl (C=O) groups is 2. The Morgan fingerprint density at radius 3 is 2.21 bits per heavy atom. The van der Waals surface area contributed by atoms with Gasteiger partial charge in [0.1, 0.15) is 12.6 Å². The van der Waals surface area contributed by atoms with E-state index in [2.05, 4.69) is 5.32 Å². The quantitative estimate of drug-likeness (QED) is 0.244. The molecule has 1 aliphatic carbocycles. The second kappa shape index (κ2) is 14.8. The third kappa shape index (κ3) is 8.88. The van der Waals surface area contributed by atoms with Gasteiger partial charge in [-0.3, -0.25) is 13.9 Å². The second-order valence-electron chi connectivity index (χ2n) is 11.0. The van der Waals surface area contributed by atoms with E-state index in [0.29, 0.717) is 26.2 Å². The summed E-state index contributed by atoms with van der Waals surface area (Å²) >= 11 is 19.3. The van der Waals surface area contributed by atoms with E-state index in [1.165, 1.54) is 11.0 Å². The van der Waals surface area contributed by atoms with Crippen molar-refractivity contribution in [3.63, 3.8) is 0 Å². The Morgan fingerprint density at radius 1 is 0.930 bits per heavy atom. The number of halogens is 3. The first-order chi connectivity index (χ1) is 20.4. The van der Waals surface area contributed by atoms with Gasteiger partial charge in [0.15, 0.2) is 0 Å². The summed E-state index contributed by atoms with van der Waals surface area (Å²) in [7, 11) is -3.93. The van der Waals surface area contributed by atoms with Gasteiger partial charge in [-0.2, -0.15) is 0 Å². The van der Waals surface area contributed by atoms with Crippen molar-refractivity contribution in [1.82, 2.24) is 10.2 Å². The molecule has 0 heterocycles. The second-order valence-corrected chi connectivity index (χ2v) is 14.1. The van der Waals surface area contributed by atoms with Crippen LogP contribution in [-0.2, 0) is 32.6 Å². The lowest BCUT2D eigenvalue weighted by Gasteiger charge is -2.35. The summed E-state index contributed by atoms with van der Waals surface area (Å²) in [4.78, 5) is 29.8. The molecule has 230 valence electrons. The number of nitrogens with one attached hydrogen (secondary N) is 1. The van der Waals surface area contributed by atoms with Gasteiger partial charge in [-0.05, 0) is 55.2 Å². The molecule has 43 heavy (non-hydrogen) atoms. The summed E-state index contributed by atoms with van der Waals surface area (Å²) in [6.07, 6.45) is 6.14. The molecule has 0 radical (unpaired) electrons. The van der Waals surface area contributed by atoms with Crippen LogP contribution >= 0.6 is 34.8 Å². The molecule has 1 aliphatic rings. The van der Waals surface area contributed by atoms with Crippen molar-refractivity contribution in [2.45, 2.75) is 64.1 Å². The molecule has 1 unspecified atom stereocenters. The number of benzene rings is 3. The van der Waals surface area contributed by atoms with E-state index >= 15 is 0 Å². The summed E-state index contributed by atoms with van der Waals surface area (Å²) in [6.45, 7) is 1.09. The van der Waals surface area contributed by atoms with E-state index in [4.69, 9.17) is 34.8 Å². The Labute approximate surface area is 269 Å². The van der Waals surface area contributed by atoms with E-state index in [-0.39, 0.29) is 30.6 Å². The third-order valence-corrected chi connectivity index (χ3v) is 9.80. The van der Waals surface area contributed by atoms with Crippen LogP contribution in [0.3, 0.4) is 0 Å². The fourth-order valence-corrected chi connectivity index (χ4v) is 6.98. The lowest BCUT2D eigenvalue weighted by atomic mass is 9.94. The van der Waals surface area contributed by atoms with Gasteiger partial charge in [0.2, 0.25) is 21.8 Å². The van der Waals surface area contributed by atoms with Crippen LogP contribution in [0.5, 0.6) is 0 Å². The minimum absolute atomic E-state index is 0.00186. The van der Waals surface area contributed by atoms with Gasteiger partial charge in [-0.25, -0.2) is 8.42 Å². The molecule has 1 fully saturated rings. The molecule has 11 heteroatoms. The van der Waals surface area contributed by atoms with E-state index in [1.807, 2.05) is 30.3 Å². The van der Waals surface area contributed by atoms with Gasteiger partial charge in [0, 0.05) is 39.6 Å². The summed E-state index contributed by atoms with van der Waals surface area (Å²) in [5.74, 6) is -0.891. The van der Waals surface area contributed by atoms with E-state index < -0.39 is 28.5 Å². The van der Waals surface area contributed by atoms with Crippen LogP contribution < -0.4 is 9.62 Å². The molecule has 0 aromatic heterocycles. The van der Waals surface area contributed by atoms with Crippen LogP contribution in [0, 0.1) is 6.92 Å². The normalized spacial score (nSPS) is 14.6. The van der Waals surface area contributed by atoms with Gasteiger partial charge >= 0.3 is 0 Å². The number of amides is 2. The predicted octanol–water partition coefficient (Wildman–Crippen LogP) is 6.81. The molecular weight excluding hydrogens is 629 g/mol. The largest absolute Gasteiger partial charge is 0.352 e. The molecule has 3 aromatic rings. The average molecular weight is 665 g/mol. The zero-order valence-corrected chi connectivity index (χ0v) is 27.3. The molecule has 0 aliphatic heterocycles. The predicted molar refractivity (Wildman–Crippen MR) is 174 cm³/mol. The van der Waals surface area contributed by atoms with E-state index in [1.54, 1.807) is 37.3 Å². The Kier molecular flexibility index (Phi) is 11.4. The van der Waals surface area contributed by atoms with Gasteiger partial charge < -0.3 is 10.2 Å². The molecule has 0 bridgehead atoms. The average Bonchev–Trinajstić information content (AvgIpc) is 2.96. The summed E-state index contributed by atoms with van der Waals surface area (Å²) in [5.41, 5.74) is 2.22. The van der Waals surface area contributed by atoms with Crippen LogP contribution in [0.4, 0.5) is 5.69 Å². The number of hydrogen-bond acceptors (Lipinski definition) is 4. The van der Waals surface area contributed by atoms with Crippen molar-refractivity contribution in [3.8, 4) is 0 Å². The fourth-order valence-electron chi connectivity index (χ4n) is 5.40. The maximum Gasteiger partial charge on any atom is 0.244 e. The number of anilines is 1. The highest BCUT2D eigenvalue weighted by Gasteiger charge is 2.35. The number of aryl methyl sites for hydroxylation is 1. The highest BCUT2D eigenvalue weighted by atomic mass is 35.5. The fraction of sp³-hybridized carbons (Fsp3) is 0.375. The van der Waals surface area contributed by atoms with Crippen LogP contribution in [-0.4, -0.2) is 50.0 Å². The lowest BCUT2D eigenvalue weighted by molar-refractivity contribution is -0.140. The van der Waals surface area contributed by atoms with Crippen molar-refractivity contribution in [2.24, 2.45) is 0 Å². The molecule has 7 nitrogen and oxygen atoms in total. The Bertz CT molecular complexity index is 1530. The molecular formula is C32H36Cl3N3O4S. The minimum Gasteiger partial charge on any atom is -0.352 e. The number of sulfonamides is 1. The Hall–Kier alpha value is -2.78. The Morgan fingerprint density at radius 2 is 1.58 bits per heavy atom. The van der Waals surface area contributed by atoms with E-state index in [9.17, 15) is 18.0 Å². The van der Waals surface area contributed by atoms with Crippen LogP contribution in [0.25, 0.3) is 0 Å². The number of nitrogens with zero attached hydrogens (tertiary/aromatic N) is 2. The molecule has 2 amide bonds. The molecule has 1 N–H and O–H groups in total. The van der Waals surface area contributed by atoms with Gasteiger partial charge in [0.25, 0.3) is 0 Å². The number of carbonyl (C=O) groups excluding carboxylic acids is 2. The van der Waals surface area contributed by atoms with Crippen molar-refractivity contribution >= 4 is 62.3 Å². The first-order valence-electron chi connectivity index (χ1n) is 14.2. The van der Waals surface area contributed by atoms with Crippen LogP contribution in [0.2, 0.25) is 15.1 Å². The molecule has 4 rings (SSSR count). The summed E-state index contributed by atoms with van der Waals surface area (Å²) in [6, 6.07) is 18.3. The molecule has 1 atom stereocenters. The molecule has 0 saturated heterocycles. The van der Waals surface area contributed by atoms with E-state index in [0.717, 1.165) is 48.2 Å². The highest BCUT2D eigenvalue weighted by Crippen LogP contribution is 2.30. The maximum atomic E-state index is 14.3. The lowest BCUT2D eigenvalue weighted by Crippen LogP contribution is -2.55.